The van der Waals surface area contributed by atoms with E-state index in [0.29, 0.717) is 32.1 Å². The summed E-state index contributed by atoms with van der Waals surface area (Å²) in [6.07, 6.45) is 1.83. The van der Waals surface area contributed by atoms with Gasteiger partial charge in [0.1, 0.15) is 17.6 Å². The van der Waals surface area contributed by atoms with Crippen LogP contribution >= 0.6 is 27.3 Å². The van der Waals surface area contributed by atoms with Crippen LogP contribution in [0.5, 0.6) is 0 Å². The first kappa shape index (κ1) is 23.3. The molecule has 6 nitrogen and oxygen atoms in total. The Kier molecular flexibility index (Phi) is 6.40. The minimum absolute atomic E-state index is 0.211. The molecule has 2 aromatic heterocycles. The minimum Gasteiger partial charge on any atom is -0.463 e. The lowest BCUT2D eigenvalue weighted by Crippen LogP contribution is -2.39. The number of carbonyl (C=O) groups is 1. The van der Waals surface area contributed by atoms with Crippen molar-refractivity contribution >= 4 is 39.3 Å². The number of fused-ring (bicyclic) bond motifs is 1. The van der Waals surface area contributed by atoms with E-state index in [0.717, 1.165) is 15.6 Å². The number of ether oxygens (including phenoxy) is 1. The van der Waals surface area contributed by atoms with E-state index < -0.39 is 12.0 Å². The van der Waals surface area contributed by atoms with Crippen LogP contribution in [0.4, 0.5) is 0 Å². The average molecular weight is 549 g/mol. The zero-order valence-corrected chi connectivity index (χ0v) is 21.4. The lowest BCUT2D eigenvalue weighted by Gasteiger charge is -2.22. The van der Waals surface area contributed by atoms with E-state index in [9.17, 15) is 9.59 Å². The molecule has 1 aliphatic heterocycles. The number of furan rings is 1. The molecule has 2 aromatic carbocycles. The number of rotatable bonds is 5. The molecular weight excluding hydrogens is 528 g/mol. The number of halogens is 1. The number of hydrogen-bond acceptors (Lipinski definition) is 6. The van der Waals surface area contributed by atoms with E-state index in [1.54, 1.807) is 19.9 Å². The smallest absolute Gasteiger partial charge is 0.338 e. The van der Waals surface area contributed by atoms with Crippen molar-refractivity contribution in [2.24, 2.45) is 4.99 Å². The molecule has 1 aliphatic rings. The predicted octanol–water partition coefficient (Wildman–Crippen LogP) is 4.82. The molecule has 1 atom stereocenters. The third kappa shape index (κ3) is 4.47. The van der Waals surface area contributed by atoms with Gasteiger partial charge in [0.25, 0.3) is 5.56 Å². The van der Waals surface area contributed by atoms with Gasteiger partial charge in [-0.2, -0.15) is 0 Å². The Balaban J connectivity index is 1.69. The van der Waals surface area contributed by atoms with Gasteiger partial charge in [0.2, 0.25) is 0 Å². The number of benzene rings is 2. The fraction of sp³-hybridized carbons (Fsp3) is 0.148. The molecule has 0 unspecified atom stereocenters. The highest BCUT2D eigenvalue weighted by Gasteiger charge is 2.35. The molecule has 176 valence electrons. The van der Waals surface area contributed by atoms with Gasteiger partial charge >= 0.3 is 5.97 Å². The van der Waals surface area contributed by atoms with E-state index in [-0.39, 0.29) is 12.2 Å². The van der Waals surface area contributed by atoms with Gasteiger partial charge in [-0.3, -0.25) is 9.36 Å². The third-order valence-corrected chi connectivity index (χ3v) is 7.15. The second-order valence-corrected chi connectivity index (χ2v) is 9.85. The standard InChI is InChI=1S/C27H21BrN2O4S/c1-3-33-26(32)23-16(2)29-27-30(25(31)22(35-27)15-17-7-5-4-6-8-17)24(23)21-14-13-20(34-21)18-9-11-19(28)12-10-18/h4-15,24H,3H2,1-2H3/b22-15-/t24-/m0/s1. The molecule has 0 bridgehead atoms. The summed E-state index contributed by atoms with van der Waals surface area (Å²) in [5.41, 5.74) is 2.35. The third-order valence-electron chi connectivity index (χ3n) is 5.64. The van der Waals surface area contributed by atoms with E-state index >= 15 is 0 Å². The van der Waals surface area contributed by atoms with Crippen LogP contribution < -0.4 is 14.9 Å². The highest BCUT2D eigenvalue weighted by Crippen LogP contribution is 2.34. The van der Waals surface area contributed by atoms with Gasteiger partial charge in [0.15, 0.2) is 4.80 Å². The van der Waals surface area contributed by atoms with Crippen LogP contribution in [0.1, 0.15) is 31.2 Å². The van der Waals surface area contributed by atoms with Crippen molar-refractivity contribution in [2.75, 3.05) is 6.61 Å². The molecule has 0 saturated heterocycles. The van der Waals surface area contributed by atoms with Crippen LogP contribution in [0.2, 0.25) is 0 Å². The Labute approximate surface area is 213 Å². The van der Waals surface area contributed by atoms with Gasteiger partial charge in [-0.1, -0.05) is 69.7 Å². The van der Waals surface area contributed by atoms with Crippen molar-refractivity contribution in [3.8, 4) is 11.3 Å². The quantitative estimate of drug-likeness (QED) is 0.335. The summed E-state index contributed by atoms with van der Waals surface area (Å²) >= 11 is 4.73. The van der Waals surface area contributed by atoms with Crippen molar-refractivity contribution < 1.29 is 13.9 Å². The maximum atomic E-state index is 13.6. The topological polar surface area (TPSA) is 73.8 Å². The number of thiazole rings is 1. The normalized spacial score (nSPS) is 15.6. The first-order chi connectivity index (χ1) is 17.0. The van der Waals surface area contributed by atoms with Crippen molar-refractivity contribution in [3.63, 3.8) is 0 Å². The summed E-state index contributed by atoms with van der Waals surface area (Å²) in [4.78, 5) is 31.7. The van der Waals surface area contributed by atoms with Gasteiger partial charge in [-0.15, -0.1) is 0 Å². The molecule has 5 rings (SSSR count). The summed E-state index contributed by atoms with van der Waals surface area (Å²) in [6.45, 7) is 3.71. The van der Waals surface area contributed by atoms with Crippen molar-refractivity contribution in [3.05, 3.63) is 113 Å². The maximum Gasteiger partial charge on any atom is 0.338 e. The van der Waals surface area contributed by atoms with Gasteiger partial charge in [-0.25, -0.2) is 9.79 Å². The van der Waals surface area contributed by atoms with Gasteiger partial charge in [0, 0.05) is 10.0 Å². The number of allylic oxidation sites excluding steroid dienone is 1. The fourth-order valence-corrected chi connectivity index (χ4v) is 5.34. The summed E-state index contributed by atoms with van der Waals surface area (Å²) in [5, 5.41) is 0. The van der Waals surface area contributed by atoms with Crippen molar-refractivity contribution in [1.82, 2.24) is 4.57 Å². The molecule has 0 aliphatic carbocycles. The molecule has 0 radical (unpaired) electrons. The number of hydrogen-bond donors (Lipinski definition) is 0. The zero-order valence-electron chi connectivity index (χ0n) is 19.0. The monoisotopic (exact) mass is 548 g/mol. The number of nitrogens with zero attached hydrogens (tertiary/aromatic N) is 2. The summed E-state index contributed by atoms with van der Waals surface area (Å²) in [5.74, 6) is 0.585. The van der Waals surface area contributed by atoms with E-state index in [1.807, 2.05) is 66.7 Å². The lowest BCUT2D eigenvalue weighted by molar-refractivity contribution is -0.139. The first-order valence-corrected chi connectivity index (χ1v) is 12.7. The fourth-order valence-electron chi connectivity index (χ4n) is 4.03. The largest absolute Gasteiger partial charge is 0.463 e. The van der Waals surface area contributed by atoms with Crippen molar-refractivity contribution in [1.29, 1.82) is 0 Å². The van der Waals surface area contributed by atoms with Crippen LogP contribution in [-0.2, 0) is 9.53 Å². The molecule has 3 heterocycles. The van der Waals surface area contributed by atoms with Crippen LogP contribution in [0.15, 0.2) is 96.7 Å². The second-order valence-electron chi connectivity index (χ2n) is 7.92. The lowest BCUT2D eigenvalue weighted by atomic mass is 10.0. The zero-order chi connectivity index (χ0) is 24.5. The summed E-state index contributed by atoms with van der Waals surface area (Å²) in [7, 11) is 0. The summed E-state index contributed by atoms with van der Waals surface area (Å²) < 4.78 is 14.6. The molecule has 4 aromatic rings. The highest BCUT2D eigenvalue weighted by molar-refractivity contribution is 9.10. The minimum atomic E-state index is -0.785. The van der Waals surface area contributed by atoms with Gasteiger partial charge in [0.05, 0.1) is 22.4 Å². The molecule has 8 heteroatoms. The Morgan fingerprint density at radius 2 is 1.89 bits per heavy atom. The van der Waals surface area contributed by atoms with Gasteiger partial charge < -0.3 is 9.15 Å². The molecule has 0 saturated carbocycles. The maximum absolute atomic E-state index is 13.6. The molecule has 0 spiro atoms. The van der Waals surface area contributed by atoms with Crippen LogP contribution in [0.25, 0.3) is 17.4 Å². The van der Waals surface area contributed by atoms with E-state index in [4.69, 9.17) is 9.15 Å². The Morgan fingerprint density at radius 1 is 1.14 bits per heavy atom. The molecule has 0 fully saturated rings. The Hall–Kier alpha value is -3.49. The number of esters is 1. The SMILES string of the molecule is CCOC(=O)C1=C(C)N=c2s/c(=C\c3ccccc3)c(=O)n2[C@H]1c1ccc(-c2ccc(Br)cc2)o1. The molecule has 0 amide bonds. The van der Waals surface area contributed by atoms with E-state index in [2.05, 4.69) is 20.9 Å². The van der Waals surface area contributed by atoms with Crippen LogP contribution in [-0.4, -0.2) is 17.1 Å². The van der Waals surface area contributed by atoms with Crippen LogP contribution in [0, 0.1) is 0 Å². The Bertz CT molecular complexity index is 1610. The van der Waals surface area contributed by atoms with Crippen LogP contribution in [0.3, 0.4) is 0 Å². The second kappa shape index (κ2) is 9.64. The number of aromatic nitrogens is 1. The molecule has 0 N–H and O–H groups in total. The highest BCUT2D eigenvalue weighted by atomic mass is 79.9. The Morgan fingerprint density at radius 3 is 2.60 bits per heavy atom. The molecular formula is C27H21BrN2O4S. The molecule has 35 heavy (non-hydrogen) atoms. The number of carbonyl (C=O) groups excluding carboxylic acids is 1. The van der Waals surface area contributed by atoms with E-state index in [1.165, 1.54) is 15.9 Å². The predicted molar refractivity (Wildman–Crippen MR) is 139 cm³/mol. The average Bonchev–Trinajstić information content (AvgIpc) is 3.45. The first-order valence-electron chi connectivity index (χ1n) is 11.1. The van der Waals surface area contributed by atoms with Gasteiger partial charge in [-0.05, 0) is 49.8 Å². The summed E-state index contributed by atoms with van der Waals surface area (Å²) in [6, 6.07) is 20.2. The van der Waals surface area contributed by atoms with Crippen molar-refractivity contribution in [2.45, 2.75) is 19.9 Å².